The van der Waals surface area contributed by atoms with Gasteiger partial charge in [0.2, 0.25) is 0 Å². The molecule has 1 aromatic rings. The van der Waals surface area contributed by atoms with Crippen molar-refractivity contribution in [1.29, 1.82) is 0 Å². The zero-order valence-corrected chi connectivity index (χ0v) is 12.3. The minimum atomic E-state index is 0.0919. The van der Waals surface area contributed by atoms with Gasteiger partial charge in [-0.3, -0.25) is 0 Å². The Morgan fingerprint density at radius 2 is 1.67 bits per heavy atom. The largest absolute Gasteiger partial charge is 0.149 e. The third-order valence-electron chi connectivity index (χ3n) is 2.34. The molecule has 1 heterocycles. The zero-order valence-electron chi connectivity index (χ0n) is 10.6. The summed E-state index contributed by atoms with van der Waals surface area (Å²) in [7, 11) is 0.0919. The molecule has 0 radical (unpaired) electrons. The van der Waals surface area contributed by atoms with Gasteiger partial charge in [-0.1, -0.05) is 35.6 Å². The molecule has 15 heavy (non-hydrogen) atoms. The molecule has 86 valence electrons. The molecule has 0 aliphatic heterocycles. The van der Waals surface area contributed by atoms with Gasteiger partial charge < -0.3 is 0 Å². The molecule has 0 fully saturated rings. The average Bonchev–Trinajstić information content (AvgIpc) is 2.48. The van der Waals surface area contributed by atoms with Gasteiger partial charge in [0.15, 0.2) is 0 Å². The summed E-state index contributed by atoms with van der Waals surface area (Å²) >= 11 is 1.90. The Morgan fingerprint density at radius 1 is 1.13 bits per heavy atom. The first-order valence-electron chi connectivity index (χ1n) is 5.79. The molecule has 2 heteroatoms. The smallest absolute Gasteiger partial charge is 0.00909 e. The minimum absolute atomic E-state index is 0.0919. The molecule has 0 unspecified atom stereocenters. The van der Waals surface area contributed by atoms with Crippen molar-refractivity contribution in [2.24, 2.45) is 11.8 Å². The summed E-state index contributed by atoms with van der Waals surface area (Å²) in [5, 5.41) is 3.91. The fourth-order valence-corrected chi connectivity index (χ4v) is 6.14. The van der Waals surface area contributed by atoms with Crippen molar-refractivity contribution in [2.45, 2.75) is 34.6 Å². The lowest BCUT2D eigenvalue weighted by Crippen LogP contribution is -2.12. The standard InChI is InChI=1S/C13H23PS/c1-10(2)8-14(9-11(3)4)13-6-7-15-12(13)5/h6-7,10-11H,8-9H2,1-5H3. The summed E-state index contributed by atoms with van der Waals surface area (Å²) in [5.41, 5.74) is 0. The number of hydrogen-bond acceptors (Lipinski definition) is 1. The second kappa shape index (κ2) is 6.01. The lowest BCUT2D eigenvalue weighted by atomic mass is 10.3. The first-order valence-corrected chi connectivity index (χ1v) is 8.39. The van der Waals surface area contributed by atoms with Gasteiger partial charge in [0.25, 0.3) is 0 Å². The van der Waals surface area contributed by atoms with Crippen LogP contribution in [0.15, 0.2) is 11.4 Å². The van der Waals surface area contributed by atoms with E-state index in [0.717, 1.165) is 11.8 Å². The maximum atomic E-state index is 2.36. The second-order valence-electron chi connectivity index (χ2n) is 5.05. The summed E-state index contributed by atoms with van der Waals surface area (Å²) in [5.74, 6) is 1.66. The summed E-state index contributed by atoms with van der Waals surface area (Å²) < 4.78 is 0. The normalized spacial score (nSPS) is 12.0. The third kappa shape index (κ3) is 4.25. The summed E-state index contributed by atoms with van der Waals surface area (Å²) in [6.45, 7) is 11.7. The third-order valence-corrected chi connectivity index (χ3v) is 6.85. The molecular formula is C13H23PS. The van der Waals surface area contributed by atoms with E-state index in [1.165, 1.54) is 12.3 Å². The van der Waals surface area contributed by atoms with Crippen molar-refractivity contribution in [3.05, 3.63) is 16.3 Å². The molecule has 0 nitrogen and oxygen atoms in total. The Bertz CT molecular complexity index is 278. The molecule has 1 aromatic heterocycles. The Labute approximate surface area is 99.9 Å². The summed E-state index contributed by atoms with van der Waals surface area (Å²) in [6, 6.07) is 2.36. The van der Waals surface area contributed by atoms with E-state index in [0.29, 0.717) is 0 Å². The van der Waals surface area contributed by atoms with E-state index >= 15 is 0 Å². The Hall–Kier alpha value is 0.130. The highest BCUT2D eigenvalue weighted by Crippen LogP contribution is 2.40. The number of thiophene rings is 1. The van der Waals surface area contributed by atoms with E-state index in [4.69, 9.17) is 0 Å². The van der Waals surface area contributed by atoms with Gasteiger partial charge in [-0.15, -0.1) is 11.3 Å². The van der Waals surface area contributed by atoms with E-state index in [9.17, 15) is 0 Å². The van der Waals surface area contributed by atoms with Crippen molar-refractivity contribution in [3.63, 3.8) is 0 Å². The van der Waals surface area contributed by atoms with E-state index in [1.807, 2.05) is 11.3 Å². The molecule has 0 spiro atoms. The van der Waals surface area contributed by atoms with Crippen molar-refractivity contribution in [3.8, 4) is 0 Å². The van der Waals surface area contributed by atoms with Gasteiger partial charge in [-0.2, -0.15) is 0 Å². The molecule has 0 saturated heterocycles. The molecular weight excluding hydrogens is 219 g/mol. The zero-order chi connectivity index (χ0) is 11.4. The Morgan fingerprint density at radius 3 is 2.00 bits per heavy atom. The van der Waals surface area contributed by atoms with E-state index < -0.39 is 0 Å². The summed E-state index contributed by atoms with van der Waals surface area (Å²) in [4.78, 5) is 1.54. The highest BCUT2D eigenvalue weighted by Gasteiger charge is 2.16. The number of hydrogen-bond donors (Lipinski definition) is 0. The Balaban J connectivity index is 2.76. The van der Waals surface area contributed by atoms with Gasteiger partial charge in [0, 0.05) is 4.88 Å². The van der Waals surface area contributed by atoms with Gasteiger partial charge >= 0.3 is 0 Å². The van der Waals surface area contributed by atoms with E-state index in [2.05, 4.69) is 46.1 Å². The van der Waals surface area contributed by atoms with Crippen LogP contribution in [0.1, 0.15) is 32.6 Å². The van der Waals surface area contributed by atoms with Crippen molar-refractivity contribution in [2.75, 3.05) is 12.3 Å². The molecule has 0 aliphatic carbocycles. The van der Waals surface area contributed by atoms with Gasteiger partial charge in [-0.25, -0.2) is 0 Å². The minimum Gasteiger partial charge on any atom is -0.149 e. The van der Waals surface area contributed by atoms with Crippen LogP contribution in [0.2, 0.25) is 0 Å². The average molecular weight is 242 g/mol. The fraction of sp³-hybridized carbons (Fsp3) is 0.692. The molecule has 1 rings (SSSR count). The maximum Gasteiger partial charge on any atom is 0.00909 e. The van der Waals surface area contributed by atoms with Crippen molar-refractivity contribution in [1.82, 2.24) is 0 Å². The van der Waals surface area contributed by atoms with Crippen LogP contribution in [0, 0.1) is 18.8 Å². The van der Waals surface area contributed by atoms with Gasteiger partial charge in [0.1, 0.15) is 0 Å². The van der Waals surface area contributed by atoms with Gasteiger partial charge in [0.05, 0.1) is 0 Å². The predicted molar refractivity (Wildman–Crippen MR) is 75.0 cm³/mol. The van der Waals surface area contributed by atoms with Crippen LogP contribution in [0.5, 0.6) is 0 Å². The maximum absolute atomic E-state index is 2.36. The van der Waals surface area contributed by atoms with Crippen LogP contribution in [-0.4, -0.2) is 12.3 Å². The topological polar surface area (TPSA) is 0 Å². The quantitative estimate of drug-likeness (QED) is 0.668. The monoisotopic (exact) mass is 242 g/mol. The fourth-order valence-electron chi connectivity index (χ4n) is 1.86. The second-order valence-corrected chi connectivity index (χ2v) is 8.47. The summed E-state index contributed by atoms with van der Waals surface area (Å²) in [6.07, 6.45) is 2.79. The molecule has 0 atom stereocenters. The molecule has 0 aliphatic rings. The Kier molecular flexibility index (Phi) is 5.29. The van der Waals surface area contributed by atoms with E-state index in [-0.39, 0.29) is 7.92 Å². The van der Waals surface area contributed by atoms with Crippen LogP contribution in [0.25, 0.3) is 0 Å². The molecule has 0 bridgehead atoms. The lowest BCUT2D eigenvalue weighted by Gasteiger charge is -2.21. The number of aryl methyl sites for hydroxylation is 1. The molecule has 0 N–H and O–H groups in total. The van der Waals surface area contributed by atoms with Crippen molar-refractivity contribution < 1.29 is 0 Å². The highest BCUT2D eigenvalue weighted by atomic mass is 32.1. The molecule has 0 amide bonds. The lowest BCUT2D eigenvalue weighted by molar-refractivity contribution is 0.721. The van der Waals surface area contributed by atoms with Crippen LogP contribution >= 0.6 is 19.3 Å². The SMILES string of the molecule is Cc1sccc1P(CC(C)C)CC(C)C. The van der Waals surface area contributed by atoms with Crippen LogP contribution in [-0.2, 0) is 0 Å². The first-order chi connectivity index (χ1) is 7.00. The van der Waals surface area contributed by atoms with Crippen LogP contribution < -0.4 is 5.30 Å². The molecule has 0 aromatic carbocycles. The van der Waals surface area contributed by atoms with E-state index in [1.54, 1.807) is 10.2 Å². The van der Waals surface area contributed by atoms with Crippen molar-refractivity contribution >= 4 is 24.6 Å². The van der Waals surface area contributed by atoms with Gasteiger partial charge in [-0.05, 0) is 47.8 Å². The first kappa shape index (κ1) is 13.2. The predicted octanol–water partition coefficient (Wildman–Crippen LogP) is 4.48. The highest BCUT2D eigenvalue weighted by molar-refractivity contribution is 7.66. The van der Waals surface area contributed by atoms with Crippen LogP contribution in [0.4, 0.5) is 0 Å². The van der Waals surface area contributed by atoms with Crippen LogP contribution in [0.3, 0.4) is 0 Å². The number of rotatable bonds is 5. The molecule has 0 saturated carbocycles.